The van der Waals surface area contributed by atoms with Crippen molar-refractivity contribution in [2.24, 2.45) is 0 Å². The molecule has 0 radical (unpaired) electrons. The van der Waals surface area contributed by atoms with Crippen LogP contribution in [0, 0.1) is 4.77 Å². The van der Waals surface area contributed by atoms with Crippen LogP contribution < -0.4 is 4.74 Å². The minimum Gasteiger partial charge on any atom is -0.497 e. The summed E-state index contributed by atoms with van der Waals surface area (Å²) in [7, 11) is 3.35. The van der Waals surface area contributed by atoms with Crippen LogP contribution in [0.1, 0.15) is 5.56 Å². The number of methoxy groups -OCH3 is 1. The number of nitrogens with zero attached hydrogens (tertiary/aromatic N) is 3. The fraction of sp³-hybridized carbons (Fsp3) is 0.211. The van der Waals surface area contributed by atoms with E-state index in [9.17, 15) is 4.79 Å². The minimum atomic E-state index is -0.0952. The smallest absolute Gasteiger partial charge is 0.242 e. The van der Waals surface area contributed by atoms with Gasteiger partial charge in [0.05, 0.1) is 7.11 Å². The highest BCUT2D eigenvalue weighted by Crippen LogP contribution is 2.21. The lowest BCUT2D eigenvalue weighted by Crippen LogP contribution is -2.30. The van der Waals surface area contributed by atoms with E-state index < -0.39 is 0 Å². The first-order valence-corrected chi connectivity index (χ1v) is 9.05. The third-order valence-electron chi connectivity index (χ3n) is 4.19. The van der Waals surface area contributed by atoms with Crippen LogP contribution in [0.25, 0.3) is 11.4 Å². The molecule has 0 spiro atoms. The summed E-state index contributed by atoms with van der Waals surface area (Å²) in [5, 5.41) is 7.66. The quantitative estimate of drug-likeness (QED) is 0.634. The van der Waals surface area contributed by atoms with Gasteiger partial charge in [-0.3, -0.25) is 14.5 Å². The van der Waals surface area contributed by atoms with Gasteiger partial charge in [0, 0.05) is 24.2 Å². The van der Waals surface area contributed by atoms with Gasteiger partial charge >= 0.3 is 0 Å². The van der Waals surface area contributed by atoms with Gasteiger partial charge in [0.2, 0.25) is 5.91 Å². The molecule has 0 bridgehead atoms. The summed E-state index contributed by atoms with van der Waals surface area (Å²) in [5.41, 5.74) is 1.73. The number of halogens is 1. The van der Waals surface area contributed by atoms with Gasteiger partial charge in [-0.05, 0) is 48.1 Å². The Morgan fingerprint density at radius 1 is 1.26 bits per heavy atom. The minimum absolute atomic E-state index is 0.0810. The van der Waals surface area contributed by atoms with Crippen LogP contribution >= 0.6 is 23.8 Å². The molecule has 6 nitrogen and oxygen atoms in total. The molecule has 2 aromatic carbocycles. The summed E-state index contributed by atoms with van der Waals surface area (Å²) >= 11 is 11.5. The lowest BCUT2D eigenvalue weighted by molar-refractivity contribution is -0.131. The Labute approximate surface area is 167 Å². The Morgan fingerprint density at radius 2 is 1.96 bits per heavy atom. The molecule has 140 valence electrons. The monoisotopic (exact) mass is 402 g/mol. The standard InChI is InChI=1S/C19H19ClN4O2S/c1-23(11-14-5-3-4-6-16(14)20)17(25)12-24-18(21-22-19(24)27)13-7-9-15(26-2)10-8-13/h3-10H,11-12H2,1-2H3,(H,22,27). The Bertz CT molecular complexity index is 997. The average molecular weight is 403 g/mol. The van der Waals surface area contributed by atoms with Crippen molar-refractivity contribution < 1.29 is 9.53 Å². The molecule has 0 saturated carbocycles. The number of rotatable bonds is 6. The molecule has 3 rings (SSSR count). The molecule has 0 atom stereocenters. The normalized spacial score (nSPS) is 10.6. The second-order valence-corrected chi connectivity index (χ2v) is 6.80. The summed E-state index contributed by atoms with van der Waals surface area (Å²) in [6.07, 6.45) is 0. The van der Waals surface area contributed by atoms with E-state index in [2.05, 4.69) is 10.2 Å². The Hall–Kier alpha value is -2.64. The summed E-state index contributed by atoms with van der Waals surface area (Å²) in [5.74, 6) is 1.25. The third-order valence-corrected chi connectivity index (χ3v) is 4.87. The van der Waals surface area contributed by atoms with Crippen molar-refractivity contribution in [3.05, 3.63) is 63.9 Å². The Kier molecular flexibility index (Phi) is 5.93. The first-order valence-electron chi connectivity index (χ1n) is 8.26. The largest absolute Gasteiger partial charge is 0.497 e. The zero-order valence-corrected chi connectivity index (χ0v) is 16.5. The summed E-state index contributed by atoms with van der Waals surface area (Å²) in [6.45, 7) is 0.499. The zero-order valence-electron chi connectivity index (χ0n) is 15.0. The van der Waals surface area contributed by atoms with Crippen LogP contribution in [0.5, 0.6) is 5.75 Å². The van der Waals surface area contributed by atoms with Gasteiger partial charge in [0.1, 0.15) is 12.3 Å². The molecule has 1 heterocycles. The van der Waals surface area contributed by atoms with E-state index >= 15 is 0 Å². The molecule has 27 heavy (non-hydrogen) atoms. The van der Waals surface area contributed by atoms with Crippen LogP contribution in [0.15, 0.2) is 48.5 Å². The maximum Gasteiger partial charge on any atom is 0.242 e. The van der Waals surface area contributed by atoms with Gasteiger partial charge in [-0.1, -0.05) is 29.8 Å². The van der Waals surface area contributed by atoms with Crippen molar-refractivity contribution in [3.8, 4) is 17.1 Å². The number of likely N-dealkylation sites (N-methyl/N-ethyl adjacent to an activating group) is 1. The van der Waals surface area contributed by atoms with Crippen LogP contribution in [0.4, 0.5) is 0 Å². The van der Waals surface area contributed by atoms with E-state index in [0.29, 0.717) is 22.2 Å². The maximum atomic E-state index is 12.7. The van der Waals surface area contributed by atoms with Gasteiger partial charge < -0.3 is 9.64 Å². The zero-order chi connectivity index (χ0) is 19.4. The fourth-order valence-corrected chi connectivity index (χ4v) is 3.04. The average Bonchev–Trinajstić information content (AvgIpc) is 3.04. The van der Waals surface area contributed by atoms with Crippen molar-refractivity contribution in [2.75, 3.05) is 14.2 Å². The third kappa shape index (κ3) is 4.37. The number of benzene rings is 2. The lowest BCUT2D eigenvalue weighted by Gasteiger charge is -2.19. The highest BCUT2D eigenvalue weighted by molar-refractivity contribution is 7.71. The van der Waals surface area contributed by atoms with Crippen LogP contribution in [0.2, 0.25) is 5.02 Å². The Balaban J connectivity index is 1.79. The lowest BCUT2D eigenvalue weighted by atomic mass is 10.2. The number of aromatic nitrogens is 3. The molecule has 3 aromatic rings. The molecule has 1 N–H and O–H groups in total. The van der Waals surface area contributed by atoms with E-state index in [1.165, 1.54) is 0 Å². The van der Waals surface area contributed by atoms with Gasteiger partial charge in [-0.2, -0.15) is 5.10 Å². The number of ether oxygens (including phenoxy) is 1. The van der Waals surface area contributed by atoms with Crippen molar-refractivity contribution in [1.29, 1.82) is 0 Å². The van der Waals surface area contributed by atoms with Gasteiger partial charge in [-0.25, -0.2) is 0 Å². The second-order valence-electron chi connectivity index (χ2n) is 6.01. The number of amides is 1. The molecular weight excluding hydrogens is 384 g/mol. The molecule has 0 saturated heterocycles. The molecule has 0 fully saturated rings. The predicted molar refractivity (Wildman–Crippen MR) is 107 cm³/mol. The second kappa shape index (κ2) is 8.37. The van der Waals surface area contributed by atoms with Crippen molar-refractivity contribution in [2.45, 2.75) is 13.1 Å². The molecule has 1 aromatic heterocycles. The number of nitrogens with one attached hydrogen (secondary N) is 1. The van der Waals surface area contributed by atoms with Crippen LogP contribution in [-0.2, 0) is 17.9 Å². The topological polar surface area (TPSA) is 63.1 Å². The van der Waals surface area contributed by atoms with Crippen LogP contribution in [-0.4, -0.2) is 39.7 Å². The van der Waals surface area contributed by atoms with E-state index in [1.807, 2.05) is 48.5 Å². The van der Waals surface area contributed by atoms with Crippen LogP contribution in [0.3, 0.4) is 0 Å². The fourth-order valence-electron chi connectivity index (χ4n) is 2.65. The number of hydrogen-bond donors (Lipinski definition) is 1. The maximum absolute atomic E-state index is 12.7. The molecule has 0 unspecified atom stereocenters. The summed E-state index contributed by atoms with van der Waals surface area (Å²) < 4.78 is 7.25. The number of hydrogen-bond acceptors (Lipinski definition) is 4. The van der Waals surface area contributed by atoms with Gasteiger partial charge in [0.15, 0.2) is 10.6 Å². The van der Waals surface area contributed by atoms with E-state index in [1.54, 1.807) is 23.6 Å². The number of carbonyl (C=O) groups is 1. The van der Waals surface area contributed by atoms with Crippen molar-refractivity contribution in [3.63, 3.8) is 0 Å². The summed E-state index contributed by atoms with van der Waals surface area (Å²) in [4.78, 5) is 14.3. The van der Waals surface area contributed by atoms with Gasteiger partial charge in [0.25, 0.3) is 0 Å². The molecule has 8 heteroatoms. The van der Waals surface area contributed by atoms with Gasteiger partial charge in [-0.15, -0.1) is 0 Å². The number of H-pyrrole nitrogens is 1. The van der Waals surface area contributed by atoms with E-state index in [0.717, 1.165) is 16.9 Å². The highest BCUT2D eigenvalue weighted by atomic mass is 35.5. The summed E-state index contributed by atoms with van der Waals surface area (Å²) in [6, 6.07) is 14.9. The SMILES string of the molecule is COc1ccc(-c2n[nH]c(=S)n2CC(=O)N(C)Cc2ccccc2Cl)cc1. The van der Waals surface area contributed by atoms with E-state index in [-0.39, 0.29) is 12.5 Å². The molecular formula is C19H19ClN4O2S. The Morgan fingerprint density at radius 3 is 2.63 bits per heavy atom. The number of carbonyl (C=O) groups excluding carboxylic acids is 1. The molecule has 0 aliphatic heterocycles. The van der Waals surface area contributed by atoms with Crippen molar-refractivity contribution >= 4 is 29.7 Å². The molecule has 1 amide bonds. The molecule has 0 aliphatic rings. The molecule has 0 aliphatic carbocycles. The first kappa shape index (κ1) is 19.1. The van der Waals surface area contributed by atoms with E-state index in [4.69, 9.17) is 28.6 Å². The predicted octanol–water partition coefficient (Wildman–Crippen LogP) is 3.93. The highest BCUT2D eigenvalue weighted by Gasteiger charge is 2.16. The first-order chi connectivity index (χ1) is 13.0. The van der Waals surface area contributed by atoms with Crippen molar-refractivity contribution in [1.82, 2.24) is 19.7 Å². The number of aromatic amines is 1.